The Bertz CT molecular complexity index is 317. The topological polar surface area (TPSA) is 70.2 Å². The minimum Gasteiger partial charge on any atom is -1.00 e. The van der Waals surface area contributed by atoms with E-state index in [0.29, 0.717) is 6.42 Å². The maximum Gasteiger partial charge on any atom is 1.00 e. The van der Waals surface area contributed by atoms with Crippen LogP contribution in [0.1, 0.15) is 8.55 Å². The molecule has 0 spiro atoms. The molecule has 66 valence electrons. The molecule has 0 unspecified atom stereocenters. The summed E-state index contributed by atoms with van der Waals surface area (Å²) in [5, 5.41) is 0. The summed E-state index contributed by atoms with van der Waals surface area (Å²) in [5.74, 6) is -0.229. The molecule has 0 aliphatic heterocycles. The molecule has 0 radical (unpaired) electrons. The summed E-state index contributed by atoms with van der Waals surface area (Å²) in [7, 11) is -3.82. The number of rotatable bonds is 3. The van der Waals surface area contributed by atoms with Gasteiger partial charge in [-0.2, -0.15) is 8.42 Å². The third-order valence-electron chi connectivity index (χ3n) is 1.29. The Morgan fingerprint density at radius 3 is 2.46 bits per heavy atom. The summed E-state index contributed by atoms with van der Waals surface area (Å²) in [6.07, 6.45) is 2.03. The molecule has 2 N–H and O–H groups in total. The van der Waals surface area contributed by atoms with Crippen LogP contribution in [0.5, 0.6) is 0 Å². The Morgan fingerprint density at radius 2 is 2.08 bits per heavy atom. The van der Waals surface area contributed by atoms with Crippen LogP contribution in [-0.2, 0) is 16.5 Å². The number of hydrogen-bond donors (Lipinski definition) is 2. The van der Waals surface area contributed by atoms with E-state index in [1.54, 1.807) is 18.3 Å². The van der Waals surface area contributed by atoms with Crippen molar-refractivity contribution >= 4 is 10.1 Å². The van der Waals surface area contributed by atoms with Gasteiger partial charge in [-0.15, -0.1) is 0 Å². The standard InChI is InChI=1S/C6H9NO3S.2Na.2H/c8-11(9,10)5-3-6-2-1-4-7-6;;;;/h1-2,4,7H,3,5H2,(H,8,9,10);;;;/q;2*+1;2*-1. The van der Waals surface area contributed by atoms with Gasteiger partial charge in [0.15, 0.2) is 0 Å². The fourth-order valence-electron chi connectivity index (χ4n) is 0.762. The van der Waals surface area contributed by atoms with Crippen molar-refractivity contribution in [3.63, 3.8) is 0 Å². The van der Waals surface area contributed by atoms with E-state index in [2.05, 4.69) is 4.98 Å². The van der Waals surface area contributed by atoms with Crippen LogP contribution >= 0.6 is 0 Å². The number of hydrogen-bond acceptors (Lipinski definition) is 2. The number of nitrogens with one attached hydrogen (secondary N) is 1. The SMILES string of the molecule is O=S(=O)(O)CCc1ccc[nH]1.[H-].[H-].[Na+].[Na+]. The van der Waals surface area contributed by atoms with Gasteiger partial charge < -0.3 is 7.84 Å². The summed E-state index contributed by atoms with van der Waals surface area (Å²) < 4.78 is 28.9. The first-order valence-electron chi connectivity index (χ1n) is 3.15. The van der Waals surface area contributed by atoms with Crippen LogP contribution in [-0.4, -0.2) is 23.7 Å². The Kier molecular flexibility index (Phi) is 9.56. The normalized spacial score (nSPS) is 9.92. The summed E-state index contributed by atoms with van der Waals surface area (Å²) in [5.41, 5.74) is 0.808. The van der Waals surface area contributed by atoms with Crippen molar-refractivity contribution in [3.8, 4) is 0 Å². The molecule has 0 fully saturated rings. The molecular formula is C6H11NNa2O3S. The van der Waals surface area contributed by atoms with Gasteiger partial charge in [-0.3, -0.25) is 4.55 Å². The second-order valence-corrected chi connectivity index (χ2v) is 3.80. The van der Waals surface area contributed by atoms with Crippen LogP contribution in [0.3, 0.4) is 0 Å². The summed E-state index contributed by atoms with van der Waals surface area (Å²) in [4.78, 5) is 2.83. The first kappa shape index (κ1) is 16.6. The Hall–Kier alpha value is 1.19. The van der Waals surface area contributed by atoms with Crippen molar-refractivity contribution in [2.75, 3.05) is 5.75 Å². The van der Waals surface area contributed by atoms with Gasteiger partial charge in [-0.1, -0.05) is 0 Å². The van der Waals surface area contributed by atoms with E-state index in [1.165, 1.54) is 0 Å². The average Bonchev–Trinajstić information content (AvgIpc) is 2.32. The summed E-state index contributed by atoms with van der Waals surface area (Å²) >= 11 is 0. The Balaban J connectivity index is -0.000000151. The molecule has 0 amide bonds. The van der Waals surface area contributed by atoms with E-state index in [9.17, 15) is 8.42 Å². The second kappa shape index (κ2) is 7.48. The van der Waals surface area contributed by atoms with Gasteiger partial charge in [-0.25, -0.2) is 0 Å². The molecule has 1 aromatic rings. The predicted octanol–water partition coefficient (Wildman–Crippen LogP) is -5.32. The number of aromatic nitrogens is 1. The van der Waals surface area contributed by atoms with Crippen molar-refractivity contribution in [1.29, 1.82) is 0 Å². The maximum atomic E-state index is 10.3. The third-order valence-corrected chi connectivity index (χ3v) is 2.01. The molecule has 0 saturated heterocycles. The first-order chi connectivity index (χ1) is 5.08. The van der Waals surface area contributed by atoms with Crippen LogP contribution in [0.2, 0.25) is 0 Å². The molecule has 0 aliphatic carbocycles. The van der Waals surface area contributed by atoms with E-state index < -0.39 is 10.1 Å². The second-order valence-electron chi connectivity index (χ2n) is 2.23. The van der Waals surface area contributed by atoms with Crippen molar-refractivity contribution in [3.05, 3.63) is 24.0 Å². The molecule has 0 saturated carbocycles. The largest absolute Gasteiger partial charge is 1.00 e. The molecular weight excluding hydrogens is 212 g/mol. The van der Waals surface area contributed by atoms with Crippen molar-refractivity contribution in [2.24, 2.45) is 0 Å². The predicted molar refractivity (Wildman–Crippen MR) is 43.1 cm³/mol. The van der Waals surface area contributed by atoms with Crippen LogP contribution in [0.4, 0.5) is 0 Å². The molecule has 4 nitrogen and oxygen atoms in total. The van der Waals surface area contributed by atoms with Crippen LogP contribution < -0.4 is 59.1 Å². The van der Waals surface area contributed by atoms with E-state index in [4.69, 9.17) is 4.55 Å². The molecule has 13 heavy (non-hydrogen) atoms. The van der Waals surface area contributed by atoms with Gasteiger partial charge in [0.1, 0.15) is 0 Å². The van der Waals surface area contributed by atoms with E-state index >= 15 is 0 Å². The molecule has 1 aromatic heterocycles. The zero-order valence-electron chi connectivity index (χ0n) is 9.82. The van der Waals surface area contributed by atoms with Gasteiger partial charge in [0.05, 0.1) is 5.75 Å². The fourth-order valence-corrected chi connectivity index (χ4v) is 1.24. The van der Waals surface area contributed by atoms with Gasteiger partial charge >= 0.3 is 59.1 Å². The molecule has 7 heteroatoms. The van der Waals surface area contributed by atoms with E-state index in [-0.39, 0.29) is 67.7 Å². The molecule has 1 heterocycles. The Morgan fingerprint density at radius 1 is 1.46 bits per heavy atom. The third kappa shape index (κ3) is 8.20. The molecule has 0 bridgehead atoms. The summed E-state index contributed by atoms with van der Waals surface area (Å²) in [6, 6.07) is 3.55. The quantitative estimate of drug-likeness (QED) is 0.397. The van der Waals surface area contributed by atoms with Crippen molar-refractivity contribution < 1.29 is 74.9 Å². The zero-order chi connectivity index (χ0) is 8.32. The number of aromatic amines is 1. The van der Waals surface area contributed by atoms with Crippen LogP contribution in [0.25, 0.3) is 0 Å². The van der Waals surface area contributed by atoms with Crippen LogP contribution in [0, 0.1) is 0 Å². The molecule has 0 atom stereocenters. The number of H-pyrrole nitrogens is 1. The van der Waals surface area contributed by atoms with Gasteiger partial charge in [0, 0.05) is 18.3 Å². The molecule has 0 aliphatic rings. The van der Waals surface area contributed by atoms with Crippen molar-refractivity contribution in [2.45, 2.75) is 6.42 Å². The Labute approximate surface area is 125 Å². The van der Waals surface area contributed by atoms with Gasteiger partial charge in [0.2, 0.25) is 0 Å². The zero-order valence-corrected chi connectivity index (χ0v) is 12.6. The number of aryl methyl sites for hydroxylation is 1. The molecule has 0 aromatic carbocycles. The van der Waals surface area contributed by atoms with E-state index in [1.807, 2.05) is 0 Å². The minimum atomic E-state index is -3.82. The maximum absolute atomic E-state index is 10.3. The van der Waals surface area contributed by atoms with Gasteiger partial charge in [0.25, 0.3) is 10.1 Å². The first-order valence-corrected chi connectivity index (χ1v) is 4.76. The van der Waals surface area contributed by atoms with Crippen molar-refractivity contribution in [1.82, 2.24) is 4.98 Å². The fraction of sp³-hybridized carbons (Fsp3) is 0.333. The average molecular weight is 223 g/mol. The van der Waals surface area contributed by atoms with Crippen LogP contribution in [0.15, 0.2) is 18.3 Å². The molecule has 1 rings (SSSR count). The summed E-state index contributed by atoms with van der Waals surface area (Å²) in [6.45, 7) is 0. The van der Waals surface area contributed by atoms with E-state index in [0.717, 1.165) is 5.69 Å². The van der Waals surface area contributed by atoms with Gasteiger partial charge in [-0.05, 0) is 12.1 Å². The smallest absolute Gasteiger partial charge is 1.00 e. The monoisotopic (exact) mass is 223 g/mol. The minimum absolute atomic E-state index is 0.